The maximum Gasteiger partial charge on any atom is 0.261 e. The van der Waals surface area contributed by atoms with E-state index in [2.05, 4.69) is 4.98 Å². The number of nitrogen functional groups attached to an aromatic ring is 1. The van der Waals surface area contributed by atoms with Gasteiger partial charge in [-0.15, -0.1) is 0 Å². The minimum atomic E-state index is -3.35. The Bertz CT molecular complexity index is 585. The predicted octanol–water partition coefficient (Wildman–Crippen LogP) is 1.16. The molecule has 1 heterocycles. The molecule has 0 bridgehead atoms. The molecule has 0 radical (unpaired) electrons. The lowest BCUT2D eigenvalue weighted by atomic mass is 10.3. The van der Waals surface area contributed by atoms with E-state index in [1.165, 1.54) is 6.66 Å². The molecule has 6 heteroatoms. The van der Waals surface area contributed by atoms with Crippen LogP contribution in [0.25, 0.3) is 11.0 Å². The van der Waals surface area contributed by atoms with E-state index in [9.17, 15) is 9.46 Å². The Balaban J connectivity index is 2.81. The fraction of sp³-hybridized carbons (Fsp3) is 0.300. The number of hydrogen-bond donors (Lipinski definition) is 2. The van der Waals surface area contributed by atoms with Crippen molar-refractivity contribution in [2.45, 2.75) is 13.5 Å². The first-order valence-electron chi connectivity index (χ1n) is 5.00. The molecule has 5 nitrogen and oxygen atoms in total. The minimum Gasteiger partial charge on any atom is -0.399 e. The number of rotatable bonds is 2. The van der Waals surface area contributed by atoms with E-state index in [-0.39, 0.29) is 5.57 Å². The first kappa shape index (κ1) is 11.2. The quantitative estimate of drug-likeness (QED) is 0.608. The van der Waals surface area contributed by atoms with Gasteiger partial charge in [0.05, 0.1) is 11.0 Å². The average Bonchev–Trinajstić information content (AvgIpc) is 2.54. The third kappa shape index (κ3) is 1.72. The molecule has 3 N–H and O–H groups in total. The van der Waals surface area contributed by atoms with Crippen LogP contribution in [0, 0.1) is 0 Å². The van der Waals surface area contributed by atoms with E-state index in [0.29, 0.717) is 17.7 Å². The molecular formula is C10H14N3O2P. The molecule has 1 unspecified atom stereocenters. The second kappa shape index (κ2) is 3.61. The summed E-state index contributed by atoms with van der Waals surface area (Å²) in [4.78, 5) is 13.8. The van der Waals surface area contributed by atoms with Crippen molar-refractivity contribution in [1.29, 1.82) is 0 Å². The molecule has 1 aromatic carbocycles. The molecular weight excluding hydrogens is 225 g/mol. The van der Waals surface area contributed by atoms with Crippen LogP contribution in [0.1, 0.15) is 6.92 Å². The van der Waals surface area contributed by atoms with Gasteiger partial charge in [-0.2, -0.15) is 0 Å². The molecule has 1 aromatic heterocycles. The van der Waals surface area contributed by atoms with Gasteiger partial charge in [-0.3, -0.25) is 4.57 Å². The number of fused-ring (bicyclic) bond motifs is 1. The Hall–Kier alpha value is -1.32. The van der Waals surface area contributed by atoms with Crippen LogP contribution in [0.4, 0.5) is 5.69 Å². The third-order valence-electron chi connectivity index (χ3n) is 2.44. The van der Waals surface area contributed by atoms with E-state index in [1.54, 1.807) is 16.7 Å². The molecule has 16 heavy (non-hydrogen) atoms. The van der Waals surface area contributed by atoms with Crippen LogP contribution in [-0.2, 0) is 11.1 Å². The first-order valence-corrected chi connectivity index (χ1v) is 7.10. The molecule has 0 fully saturated rings. The normalized spacial score (nSPS) is 15.2. The monoisotopic (exact) mass is 239 g/mol. The topological polar surface area (TPSA) is 81.1 Å². The van der Waals surface area contributed by atoms with Crippen LogP contribution >= 0.6 is 7.37 Å². The second-order valence-corrected chi connectivity index (χ2v) is 5.94. The van der Waals surface area contributed by atoms with E-state index < -0.39 is 7.37 Å². The summed E-state index contributed by atoms with van der Waals surface area (Å²) in [6.07, 6.45) is 0. The lowest BCUT2D eigenvalue weighted by Gasteiger charge is -2.07. The molecule has 86 valence electrons. The number of aryl methyl sites for hydroxylation is 1. The van der Waals surface area contributed by atoms with E-state index in [1.807, 2.05) is 13.0 Å². The van der Waals surface area contributed by atoms with Crippen molar-refractivity contribution in [3.05, 3.63) is 18.2 Å². The third-order valence-corrected chi connectivity index (χ3v) is 3.52. The van der Waals surface area contributed by atoms with Gasteiger partial charge in [-0.25, -0.2) is 4.98 Å². The van der Waals surface area contributed by atoms with Crippen molar-refractivity contribution in [1.82, 2.24) is 9.55 Å². The molecule has 0 aliphatic heterocycles. The maximum atomic E-state index is 11.7. The summed E-state index contributed by atoms with van der Waals surface area (Å²) in [5.41, 5.74) is 7.98. The number of imidazole rings is 1. The molecule has 2 aromatic rings. The molecule has 0 aliphatic carbocycles. The molecule has 1 atom stereocenters. The van der Waals surface area contributed by atoms with Crippen molar-refractivity contribution in [3.8, 4) is 0 Å². The summed E-state index contributed by atoms with van der Waals surface area (Å²) in [5, 5.41) is 0. The highest BCUT2D eigenvalue weighted by atomic mass is 31.2. The fourth-order valence-corrected chi connectivity index (χ4v) is 2.75. The van der Waals surface area contributed by atoms with Crippen LogP contribution in [0.2, 0.25) is 0 Å². The van der Waals surface area contributed by atoms with Gasteiger partial charge in [-0.05, 0) is 25.1 Å². The van der Waals surface area contributed by atoms with Crippen molar-refractivity contribution >= 4 is 29.7 Å². The molecule has 0 spiro atoms. The van der Waals surface area contributed by atoms with E-state index in [4.69, 9.17) is 5.73 Å². The van der Waals surface area contributed by atoms with Gasteiger partial charge in [0.15, 0.2) is 5.57 Å². The molecule has 2 rings (SSSR count). The number of anilines is 1. The Morgan fingerprint density at radius 1 is 1.56 bits per heavy atom. The van der Waals surface area contributed by atoms with Gasteiger partial charge < -0.3 is 15.2 Å². The highest BCUT2D eigenvalue weighted by Gasteiger charge is 2.22. The Kier molecular flexibility index (Phi) is 2.52. The number of benzene rings is 1. The largest absolute Gasteiger partial charge is 0.399 e. The predicted molar refractivity (Wildman–Crippen MR) is 65.2 cm³/mol. The van der Waals surface area contributed by atoms with Crippen molar-refractivity contribution < 1.29 is 9.46 Å². The highest BCUT2D eigenvalue weighted by molar-refractivity contribution is 7.64. The second-order valence-electron chi connectivity index (χ2n) is 3.78. The number of aromatic nitrogens is 2. The van der Waals surface area contributed by atoms with Crippen LogP contribution in [0.3, 0.4) is 0 Å². The summed E-state index contributed by atoms with van der Waals surface area (Å²) in [6, 6.07) is 5.29. The zero-order valence-corrected chi connectivity index (χ0v) is 10.1. The lowest BCUT2D eigenvalue weighted by Crippen LogP contribution is -2.18. The first-order chi connectivity index (χ1) is 7.43. The van der Waals surface area contributed by atoms with E-state index >= 15 is 0 Å². The minimum absolute atomic E-state index is 0.232. The van der Waals surface area contributed by atoms with Crippen molar-refractivity contribution in [3.63, 3.8) is 0 Å². The van der Waals surface area contributed by atoms with Gasteiger partial charge in [0.1, 0.15) is 0 Å². The molecule has 0 saturated carbocycles. The maximum absolute atomic E-state index is 11.7. The molecule has 0 amide bonds. The summed E-state index contributed by atoms with van der Waals surface area (Å²) < 4.78 is 13.4. The van der Waals surface area contributed by atoms with E-state index in [0.717, 1.165) is 5.52 Å². The number of hydrogen-bond acceptors (Lipinski definition) is 3. The standard InChI is InChI=1S/C10H14N3O2P/c1-3-13-9-5-4-7(11)6-8(9)12-10(13)16(2,14)15/h4-6H,3,11H2,1-2H3,(H,14,15). The summed E-state index contributed by atoms with van der Waals surface area (Å²) in [7, 11) is -3.35. The molecule has 0 saturated heterocycles. The average molecular weight is 239 g/mol. The van der Waals surface area contributed by atoms with Crippen LogP contribution < -0.4 is 11.3 Å². The van der Waals surface area contributed by atoms with Crippen molar-refractivity contribution in [2.24, 2.45) is 0 Å². The zero-order valence-electron chi connectivity index (χ0n) is 9.21. The zero-order chi connectivity index (χ0) is 11.9. The SMILES string of the molecule is CCn1c(P(C)(=O)O)nc2cc(N)ccc21. The van der Waals surface area contributed by atoms with Gasteiger partial charge in [0, 0.05) is 18.9 Å². The Labute approximate surface area is 93.4 Å². The highest BCUT2D eigenvalue weighted by Crippen LogP contribution is 2.34. The molecule has 0 aliphatic rings. The van der Waals surface area contributed by atoms with Gasteiger partial charge in [0.2, 0.25) is 0 Å². The smallest absolute Gasteiger partial charge is 0.261 e. The Morgan fingerprint density at radius 2 is 2.25 bits per heavy atom. The van der Waals surface area contributed by atoms with Gasteiger partial charge in [0.25, 0.3) is 7.37 Å². The van der Waals surface area contributed by atoms with Gasteiger partial charge >= 0.3 is 0 Å². The number of nitrogens with zero attached hydrogens (tertiary/aromatic N) is 2. The van der Waals surface area contributed by atoms with Crippen LogP contribution in [-0.4, -0.2) is 21.1 Å². The van der Waals surface area contributed by atoms with Crippen molar-refractivity contribution in [2.75, 3.05) is 12.4 Å². The Morgan fingerprint density at radius 3 is 2.81 bits per heavy atom. The number of nitrogens with two attached hydrogens (primary N) is 1. The summed E-state index contributed by atoms with van der Waals surface area (Å²) in [6.45, 7) is 3.81. The van der Waals surface area contributed by atoms with Crippen LogP contribution in [0.15, 0.2) is 18.2 Å². The fourth-order valence-electron chi connectivity index (χ4n) is 1.76. The van der Waals surface area contributed by atoms with Crippen LogP contribution in [0.5, 0.6) is 0 Å². The van der Waals surface area contributed by atoms with Gasteiger partial charge in [-0.1, -0.05) is 0 Å². The summed E-state index contributed by atoms with van der Waals surface area (Å²) in [5.74, 6) is 0. The summed E-state index contributed by atoms with van der Waals surface area (Å²) >= 11 is 0. The lowest BCUT2D eigenvalue weighted by molar-refractivity contribution is 0.492.